The lowest BCUT2D eigenvalue weighted by Crippen LogP contribution is -1.98. The second-order valence-corrected chi connectivity index (χ2v) is 3.50. The summed E-state index contributed by atoms with van der Waals surface area (Å²) in [4.78, 5) is 11.0. The van der Waals surface area contributed by atoms with E-state index < -0.39 is 0 Å². The summed E-state index contributed by atoms with van der Waals surface area (Å²) in [5, 5.41) is 0. The van der Waals surface area contributed by atoms with Crippen LogP contribution in [0.5, 0.6) is 0 Å². The van der Waals surface area contributed by atoms with E-state index in [0.717, 1.165) is 19.3 Å². The number of rotatable bonds is 5. The van der Waals surface area contributed by atoms with Gasteiger partial charge in [0.05, 0.1) is 6.61 Å². The van der Waals surface area contributed by atoms with Crippen LogP contribution in [0.15, 0.2) is 48.1 Å². The molecule has 0 radical (unpaired) electrons. The van der Waals surface area contributed by atoms with Gasteiger partial charge in [-0.1, -0.05) is 36.5 Å². The molecule has 2 heteroatoms. The van der Waals surface area contributed by atoms with Crippen molar-refractivity contribution in [3.8, 4) is 0 Å². The van der Waals surface area contributed by atoms with Crippen molar-refractivity contribution in [2.45, 2.75) is 26.2 Å². The van der Waals surface area contributed by atoms with Crippen LogP contribution in [0, 0.1) is 0 Å². The van der Waals surface area contributed by atoms with Gasteiger partial charge in [0, 0.05) is 6.08 Å². The highest BCUT2D eigenvalue weighted by Gasteiger charge is 1.94. The Kier molecular flexibility index (Phi) is 6.00. The van der Waals surface area contributed by atoms with Crippen LogP contribution in [-0.2, 0) is 9.53 Å². The number of carbonyl (C=O) groups excluding carboxylic acids is 1. The zero-order valence-electron chi connectivity index (χ0n) is 9.69. The van der Waals surface area contributed by atoms with Crippen molar-refractivity contribution < 1.29 is 9.53 Å². The van der Waals surface area contributed by atoms with Crippen molar-refractivity contribution in [1.29, 1.82) is 0 Å². The molecule has 0 heterocycles. The van der Waals surface area contributed by atoms with Gasteiger partial charge in [0.25, 0.3) is 0 Å². The van der Waals surface area contributed by atoms with E-state index in [1.165, 1.54) is 11.6 Å². The average Bonchev–Trinajstić information content (AvgIpc) is 2.53. The van der Waals surface area contributed by atoms with Gasteiger partial charge in [-0.15, -0.1) is 0 Å². The van der Waals surface area contributed by atoms with Gasteiger partial charge < -0.3 is 4.74 Å². The third-order valence-corrected chi connectivity index (χ3v) is 2.19. The molecule has 0 aromatic rings. The third kappa shape index (κ3) is 5.35. The first-order valence-electron chi connectivity index (χ1n) is 5.68. The zero-order valence-corrected chi connectivity index (χ0v) is 9.69. The fourth-order valence-electron chi connectivity index (χ4n) is 1.41. The molecule has 16 heavy (non-hydrogen) atoms. The summed E-state index contributed by atoms with van der Waals surface area (Å²) in [6.07, 6.45) is 16.8. The third-order valence-electron chi connectivity index (χ3n) is 2.19. The molecule has 0 fully saturated rings. The summed E-state index contributed by atoms with van der Waals surface area (Å²) < 4.78 is 4.79. The Hall–Kier alpha value is -1.57. The Morgan fingerprint density at radius 1 is 1.50 bits per heavy atom. The van der Waals surface area contributed by atoms with Gasteiger partial charge in [0.1, 0.15) is 0 Å². The van der Waals surface area contributed by atoms with Crippen molar-refractivity contribution in [2.75, 3.05) is 6.61 Å². The standard InChI is InChI=1S/C14H18O2/c1-2-16-14(15)12-8-7-11-13-9-5-3-4-6-10-13/h3,5-6,8-10,12H,2,4,7,11H2,1H3/b12-8+. The molecule has 0 aromatic heterocycles. The van der Waals surface area contributed by atoms with E-state index in [9.17, 15) is 4.79 Å². The number of hydrogen-bond acceptors (Lipinski definition) is 2. The zero-order chi connectivity index (χ0) is 11.6. The van der Waals surface area contributed by atoms with Crippen molar-refractivity contribution >= 4 is 5.97 Å². The van der Waals surface area contributed by atoms with Gasteiger partial charge >= 0.3 is 5.97 Å². The molecule has 0 N–H and O–H groups in total. The summed E-state index contributed by atoms with van der Waals surface area (Å²) in [5.41, 5.74) is 1.29. The van der Waals surface area contributed by atoms with Crippen LogP contribution in [0.1, 0.15) is 26.2 Å². The SMILES string of the molecule is CCOC(=O)/C=C/CCC1=CC=CCC=C1. The van der Waals surface area contributed by atoms with E-state index in [1.54, 1.807) is 6.92 Å². The number of allylic oxidation sites excluding steroid dienone is 7. The molecule has 0 unspecified atom stereocenters. The predicted molar refractivity (Wildman–Crippen MR) is 66.0 cm³/mol. The molecule has 1 aliphatic rings. The molecule has 0 spiro atoms. The fourth-order valence-corrected chi connectivity index (χ4v) is 1.41. The summed E-state index contributed by atoms with van der Waals surface area (Å²) in [5.74, 6) is -0.257. The number of esters is 1. The average molecular weight is 218 g/mol. The lowest BCUT2D eigenvalue weighted by molar-refractivity contribution is -0.137. The molecule has 2 nitrogen and oxygen atoms in total. The number of ether oxygens (including phenoxy) is 1. The monoisotopic (exact) mass is 218 g/mol. The number of hydrogen-bond donors (Lipinski definition) is 0. The largest absolute Gasteiger partial charge is 0.463 e. The lowest BCUT2D eigenvalue weighted by atomic mass is 10.1. The molecule has 0 bridgehead atoms. The van der Waals surface area contributed by atoms with E-state index in [1.807, 2.05) is 6.08 Å². The molecule has 0 aliphatic heterocycles. The quantitative estimate of drug-likeness (QED) is 0.522. The Morgan fingerprint density at radius 3 is 3.19 bits per heavy atom. The minimum atomic E-state index is -0.257. The van der Waals surface area contributed by atoms with Crippen LogP contribution >= 0.6 is 0 Å². The molecule has 0 saturated carbocycles. The number of carbonyl (C=O) groups is 1. The van der Waals surface area contributed by atoms with E-state index in [-0.39, 0.29) is 5.97 Å². The molecule has 0 saturated heterocycles. The summed E-state index contributed by atoms with van der Waals surface area (Å²) in [6.45, 7) is 2.24. The minimum Gasteiger partial charge on any atom is -0.463 e. The molecule has 1 rings (SSSR count). The van der Waals surface area contributed by atoms with Gasteiger partial charge in [0.2, 0.25) is 0 Å². The highest BCUT2D eigenvalue weighted by atomic mass is 16.5. The first kappa shape index (κ1) is 12.5. The molecular formula is C14H18O2. The fraction of sp³-hybridized carbons (Fsp3) is 0.357. The predicted octanol–water partition coefficient (Wildman–Crippen LogP) is 3.33. The highest BCUT2D eigenvalue weighted by Crippen LogP contribution is 2.11. The maximum Gasteiger partial charge on any atom is 0.330 e. The van der Waals surface area contributed by atoms with Gasteiger partial charge in [-0.25, -0.2) is 4.79 Å². The molecular weight excluding hydrogens is 200 g/mol. The van der Waals surface area contributed by atoms with Gasteiger partial charge in [-0.05, 0) is 31.8 Å². The molecule has 86 valence electrons. The Bertz CT molecular complexity index is 333. The lowest BCUT2D eigenvalue weighted by Gasteiger charge is -1.97. The smallest absolute Gasteiger partial charge is 0.330 e. The van der Waals surface area contributed by atoms with Crippen molar-refractivity contribution in [2.24, 2.45) is 0 Å². The molecule has 1 aliphatic carbocycles. The Labute approximate surface area is 97.0 Å². The van der Waals surface area contributed by atoms with Crippen LogP contribution < -0.4 is 0 Å². The van der Waals surface area contributed by atoms with Crippen LogP contribution in [0.4, 0.5) is 0 Å². The second kappa shape index (κ2) is 7.69. The van der Waals surface area contributed by atoms with E-state index >= 15 is 0 Å². The molecule has 0 aromatic carbocycles. The normalized spacial score (nSPS) is 14.9. The second-order valence-electron chi connectivity index (χ2n) is 3.50. The topological polar surface area (TPSA) is 26.3 Å². The summed E-state index contributed by atoms with van der Waals surface area (Å²) in [7, 11) is 0. The first-order chi connectivity index (χ1) is 7.83. The van der Waals surface area contributed by atoms with E-state index in [0.29, 0.717) is 6.61 Å². The van der Waals surface area contributed by atoms with Gasteiger partial charge in [-0.3, -0.25) is 0 Å². The maximum atomic E-state index is 11.0. The van der Waals surface area contributed by atoms with E-state index in [4.69, 9.17) is 4.74 Å². The summed E-state index contributed by atoms with van der Waals surface area (Å²) >= 11 is 0. The summed E-state index contributed by atoms with van der Waals surface area (Å²) in [6, 6.07) is 0. The van der Waals surface area contributed by atoms with E-state index in [2.05, 4.69) is 30.4 Å². The van der Waals surface area contributed by atoms with Gasteiger partial charge in [-0.2, -0.15) is 0 Å². The van der Waals surface area contributed by atoms with Crippen LogP contribution in [0.3, 0.4) is 0 Å². The van der Waals surface area contributed by atoms with Crippen molar-refractivity contribution in [1.82, 2.24) is 0 Å². The molecule has 0 amide bonds. The van der Waals surface area contributed by atoms with Gasteiger partial charge in [0.15, 0.2) is 0 Å². The minimum absolute atomic E-state index is 0.257. The Balaban J connectivity index is 2.27. The van der Waals surface area contributed by atoms with Crippen molar-refractivity contribution in [3.05, 3.63) is 48.1 Å². The van der Waals surface area contributed by atoms with Crippen LogP contribution in [0.2, 0.25) is 0 Å². The van der Waals surface area contributed by atoms with Crippen molar-refractivity contribution in [3.63, 3.8) is 0 Å². The van der Waals surface area contributed by atoms with Crippen LogP contribution in [0.25, 0.3) is 0 Å². The molecule has 0 atom stereocenters. The maximum absolute atomic E-state index is 11.0. The van der Waals surface area contributed by atoms with Crippen LogP contribution in [-0.4, -0.2) is 12.6 Å². The highest BCUT2D eigenvalue weighted by molar-refractivity contribution is 5.81. The first-order valence-corrected chi connectivity index (χ1v) is 5.68. The Morgan fingerprint density at radius 2 is 2.38 bits per heavy atom.